The van der Waals surface area contributed by atoms with E-state index in [-0.39, 0.29) is 0 Å². The number of ether oxygens (including phenoxy) is 2. The van der Waals surface area contributed by atoms with Crippen LogP contribution >= 0.6 is 0 Å². The molecule has 1 aromatic carbocycles. The lowest BCUT2D eigenvalue weighted by molar-refractivity contribution is 0.0374. The van der Waals surface area contributed by atoms with Gasteiger partial charge in [0.15, 0.2) is 0 Å². The largest absolute Gasteiger partial charge is 0.493 e. The fourth-order valence-corrected chi connectivity index (χ4v) is 2.90. The monoisotopic (exact) mass is 277 g/mol. The molecule has 1 fully saturated rings. The van der Waals surface area contributed by atoms with Crippen molar-refractivity contribution in [3.8, 4) is 5.75 Å². The van der Waals surface area contributed by atoms with Gasteiger partial charge in [0, 0.05) is 13.1 Å². The van der Waals surface area contributed by atoms with Crippen molar-refractivity contribution in [3.63, 3.8) is 0 Å². The Morgan fingerprint density at radius 1 is 1.20 bits per heavy atom. The van der Waals surface area contributed by atoms with E-state index in [0.717, 1.165) is 51.6 Å². The molecule has 1 aromatic rings. The third-order valence-electron chi connectivity index (χ3n) is 3.81. The maximum atomic E-state index is 5.83. The van der Waals surface area contributed by atoms with Crippen LogP contribution in [-0.2, 0) is 11.2 Å². The Hall–Kier alpha value is -1.06. The van der Waals surface area contributed by atoms with E-state index in [4.69, 9.17) is 9.47 Å². The first-order valence-electron chi connectivity index (χ1n) is 7.73. The summed E-state index contributed by atoms with van der Waals surface area (Å²) in [5, 5.41) is 0. The first-order valence-corrected chi connectivity index (χ1v) is 7.73. The molecule has 20 heavy (non-hydrogen) atoms. The Morgan fingerprint density at radius 3 is 2.65 bits per heavy atom. The van der Waals surface area contributed by atoms with Gasteiger partial charge in [0.1, 0.15) is 5.75 Å². The molecule has 0 unspecified atom stereocenters. The van der Waals surface area contributed by atoms with E-state index >= 15 is 0 Å². The lowest BCUT2D eigenvalue weighted by Crippen LogP contribution is -2.36. The van der Waals surface area contributed by atoms with Crippen molar-refractivity contribution < 1.29 is 9.47 Å². The molecular formula is C17H27NO2. The van der Waals surface area contributed by atoms with Crippen LogP contribution in [0.1, 0.15) is 30.0 Å². The summed E-state index contributed by atoms with van der Waals surface area (Å²) in [6, 6.07) is 4.48. The Labute approximate surface area is 122 Å². The van der Waals surface area contributed by atoms with Crippen LogP contribution < -0.4 is 4.74 Å². The topological polar surface area (TPSA) is 21.7 Å². The molecule has 1 heterocycles. The maximum Gasteiger partial charge on any atom is 0.125 e. The van der Waals surface area contributed by atoms with Crippen LogP contribution in [0.4, 0.5) is 0 Å². The van der Waals surface area contributed by atoms with E-state index < -0.39 is 0 Å². The Bertz CT molecular complexity index is 425. The minimum absolute atomic E-state index is 0.736. The highest BCUT2D eigenvalue weighted by molar-refractivity contribution is 5.43. The Balaban J connectivity index is 1.93. The molecule has 2 rings (SSSR count). The summed E-state index contributed by atoms with van der Waals surface area (Å²) in [6.45, 7) is 12.2. The summed E-state index contributed by atoms with van der Waals surface area (Å²) in [5.41, 5.74) is 3.94. The zero-order valence-electron chi connectivity index (χ0n) is 13.1. The lowest BCUT2D eigenvalue weighted by Gasteiger charge is -2.26. The number of hydrogen-bond acceptors (Lipinski definition) is 3. The van der Waals surface area contributed by atoms with E-state index in [9.17, 15) is 0 Å². The van der Waals surface area contributed by atoms with Gasteiger partial charge in [0.2, 0.25) is 0 Å². The van der Waals surface area contributed by atoms with Gasteiger partial charge in [-0.15, -0.1) is 0 Å². The molecule has 0 aliphatic carbocycles. The fourth-order valence-electron chi connectivity index (χ4n) is 2.90. The van der Waals surface area contributed by atoms with Crippen LogP contribution in [0, 0.1) is 13.8 Å². The van der Waals surface area contributed by atoms with E-state index in [2.05, 4.69) is 37.8 Å². The van der Waals surface area contributed by atoms with Crippen molar-refractivity contribution in [1.29, 1.82) is 0 Å². The second-order valence-electron chi connectivity index (χ2n) is 5.56. The molecule has 3 nitrogen and oxygen atoms in total. The SMILES string of the molecule is CCOc1c(C)cc(C)cc1CCCN1CCOCC1. The normalized spacial score (nSPS) is 16.4. The number of benzene rings is 1. The number of nitrogens with zero attached hydrogens (tertiary/aromatic N) is 1. The van der Waals surface area contributed by atoms with Crippen LogP contribution in [0.5, 0.6) is 5.75 Å². The molecule has 112 valence electrons. The van der Waals surface area contributed by atoms with Crippen molar-refractivity contribution >= 4 is 0 Å². The van der Waals surface area contributed by atoms with Crippen molar-refractivity contribution in [2.75, 3.05) is 39.5 Å². The summed E-state index contributed by atoms with van der Waals surface area (Å²) in [6.07, 6.45) is 2.28. The van der Waals surface area contributed by atoms with Crippen LogP contribution in [0.15, 0.2) is 12.1 Å². The Kier molecular flexibility index (Phi) is 5.86. The summed E-state index contributed by atoms with van der Waals surface area (Å²) in [4.78, 5) is 2.49. The molecule has 1 saturated heterocycles. The molecule has 1 aliphatic heterocycles. The van der Waals surface area contributed by atoms with Crippen LogP contribution in [0.25, 0.3) is 0 Å². The molecule has 0 atom stereocenters. The van der Waals surface area contributed by atoms with Crippen molar-refractivity contribution in [2.45, 2.75) is 33.6 Å². The van der Waals surface area contributed by atoms with Gasteiger partial charge in [-0.2, -0.15) is 0 Å². The molecule has 0 bridgehead atoms. The first kappa shape index (κ1) is 15.3. The third kappa shape index (κ3) is 4.22. The van der Waals surface area contributed by atoms with Gasteiger partial charge < -0.3 is 9.47 Å². The molecule has 0 aromatic heterocycles. The summed E-state index contributed by atoms with van der Waals surface area (Å²) in [7, 11) is 0. The molecule has 0 N–H and O–H groups in total. The zero-order valence-corrected chi connectivity index (χ0v) is 13.1. The molecule has 3 heteroatoms. The second-order valence-corrected chi connectivity index (χ2v) is 5.56. The average Bonchev–Trinajstić information content (AvgIpc) is 2.43. The van der Waals surface area contributed by atoms with Crippen LogP contribution in [-0.4, -0.2) is 44.4 Å². The minimum Gasteiger partial charge on any atom is -0.493 e. The molecular weight excluding hydrogens is 250 g/mol. The number of rotatable bonds is 6. The highest BCUT2D eigenvalue weighted by Gasteiger charge is 2.12. The smallest absolute Gasteiger partial charge is 0.125 e. The standard InChI is InChI=1S/C17H27NO2/c1-4-20-17-15(3)12-14(2)13-16(17)6-5-7-18-8-10-19-11-9-18/h12-13H,4-11H2,1-3H3. The predicted molar refractivity (Wildman–Crippen MR) is 82.7 cm³/mol. The number of morpholine rings is 1. The molecule has 0 spiro atoms. The van der Waals surface area contributed by atoms with E-state index in [1.54, 1.807) is 0 Å². The summed E-state index contributed by atoms with van der Waals surface area (Å²) in [5.74, 6) is 1.10. The molecule has 0 amide bonds. The van der Waals surface area contributed by atoms with Crippen molar-refractivity contribution in [3.05, 3.63) is 28.8 Å². The van der Waals surface area contributed by atoms with Gasteiger partial charge in [-0.05, 0) is 51.3 Å². The molecule has 0 saturated carbocycles. The van der Waals surface area contributed by atoms with E-state index in [1.807, 2.05) is 0 Å². The number of aryl methyl sites for hydroxylation is 3. The van der Waals surface area contributed by atoms with Gasteiger partial charge in [-0.3, -0.25) is 4.90 Å². The highest BCUT2D eigenvalue weighted by Crippen LogP contribution is 2.26. The third-order valence-corrected chi connectivity index (χ3v) is 3.81. The van der Waals surface area contributed by atoms with Gasteiger partial charge >= 0.3 is 0 Å². The quantitative estimate of drug-likeness (QED) is 0.798. The van der Waals surface area contributed by atoms with Gasteiger partial charge in [-0.25, -0.2) is 0 Å². The zero-order chi connectivity index (χ0) is 14.4. The van der Waals surface area contributed by atoms with Crippen LogP contribution in [0.3, 0.4) is 0 Å². The van der Waals surface area contributed by atoms with Gasteiger partial charge in [-0.1, -0.05) is 17.7 Å². The van der Waals surface area contributed by atoms with E-state index in [1.165, 1.54) is 23.1 Å². The molecule has 1 aliphatic rings. The Morgan fingerprint density at radius 2 is 1.95 bits per heavy atom. The van der Waals surface area contributed by atoms with E-state index in [0.29, 0.717) is 0 Å². The minimum atomic E-state index is 0.736. The maximum absolute atomic E-state index is 5.83. The number of hydrogen-bond donors (Lipinski definition) is 0. The lowest BCUT2D eigenvalue weighted by atomic mass is 10.0. The fraction of sp³-hybridized carbons (Fsp3) is 0.647. The second kappa shape index (κ2) is 7.65. The highest BCUT2D eigenvalue weighted by atomic mass is 16.5. The van der Waals surface area contributed by atoms with Crippen molar-refractivity contribution in [1.82, 2.24) is 4.90 Å². The van der Waals surface area contributed by atoms with Crippen LogP contribution in [0.2, 0.25) is 0 Å². The first-order chi connectivity index (χ1) is 9.70. The summed E-state index contributed by atoms with van der Waals surface area (Å²) >= 11 is 0. The predicted octanol–water partition coefficient (Wildman–Crippen LogP) is 2.97. The van der Waals surface area contributed by atoms with Gasteiger partial charge in [0.05, 0.1) is 19.8 Å². The average molecular weight is 277 g/mol. The summed E-state index contributed by atoms with van der Waals surface area (Å²) < 4.78 is 11.2. The molecule has 0 radical (unpaired) electrons. The van der Waals surface area contributed by atoms with Gasteiger partial charge in [0.25, 0.3) is 0 Å². The van der Waals surface area contributed by atoms with Crippen molar-refractivity contribution in [2.24, 2.45) is 0 Å².